The topological polar surface area (TPSA) is 32.3 Å². The Labute approximate surface area is 115 Å². The summed E-state index contributed by atoms with van der Waals surface area (Å²) in [6.07, 6.45) is 1.06. The van der Waals surface area contributed by atoms with E-state index in [2.05, 4.69) is 17.1 Å². The molecule has 3 rings (SSSR count). The monoisotopic (exact) mass is 258 g/mol. The van der Waals surface area contributed by atoms with Crippen molar-refractivity contribution >= 4 is 5.91 Å². The van der Waals surface area contributed by atoms with E-state index in [0.29, 0.717) is 17.9 Å². The van der Waals surface area contributed by atoms with E-state index in [1.54, 1.807) is 0 Å². The van der Waals surface area contributed by atoms with Crippen LogP contribution in [0.4, 0.5) is 0 Å². The number of aryl methyl sites for hydroxylation is 1. The second kappa shape index (κ2) is 4.97. The maximum atomic E-state index is 12.7. The zero-order chi connectivity index (χ0) is 13.4. The smallest absolute Gasteiger partial charge is 0.254 e. The van der Waals surface area contributed by atoms with Gasteiger partial charge in [-0.25, -0.2) is 0 Å². The Kier molecular flexibility index (Phi) is 3.31. The van der Waals surface area contributed by atoms with Crippen LogP contribution in [-0.4, -0.2) is 36.5 Å². The van der Waals surface area contributed by atoms with Gasteiger partial charge in [0.05, 0.1) is 0 Å². The number of fused-ring (bicyclic) bond motifs is 1. The maximum Gasteiger partial charge on any atom is 0.254 e. The number of rotatable bonds is 2. The number of benzene rings is 1. The Morgan fingerprint density at radius 1 is 1.42 bits per heavy atom. The van der Waals surface area contributed by atoms with Crippen LogP contribution in [0.2, 0.25) is 0 Å². The van der Waals surface area contributed by atoms with Crippen molar-refractivity contribution in [3.63, 3.8) is 0 Å². The van der Waals surface area contributed by atoms with Gasteiger partial charge in [-0.2, -0.15) is 0 Å². The molecule has 2 aliphatic rings. The molecule has 0 saturated carbocycles. The fourth-order valence-electron chi connectivity index (χ4n) is 3.72. The van der Waals surface area contributed by atoms with Crippen LogP contribution in [0.15, 0.2) is 24.3 Å². The molecule has 0 aliphatic carbocycles. The first-order valence-corrected chi connectivity index (χ1v) is 7.29. The molecule has 3 nitrogen and oxygen atoms in total. The fraction of sp³-hybridized carbons (Fsp3) is 0.562. The summed E-state index contributed by atoms with van der Waals surface area (Å²) in [6, 6.07) is 8.36. The lowest BCUT2D eigenvalue weighted by Gasteiger charge is -2.27. The summed E-state index contributed by atoms with van der Waals surface area (Å²) < 4.78 is 0. The number of nitrogens with zero attached hydrogens (tertiary/aromatic N) is 1. The maximum absolute atomic E-state index is 12.7. The quantitative estimate of drug-likeness (QED) is 0.880. The molecule has 2 heterocycles. The summed E-state index contributed by atoms with van der Waals surface area (Å²) in [5, 5.41) is 3.46. The van der Waals surface area contributed by atoms with Crippen LogP contribution < -0.4 is 5.32 Å². The minimum absolute atomic E-state index is 0.213. The minimum atomic E-state index is 0.213. The van der Waals surface area contributed by atoms with Gasteiger partial charge in [0.2, 0.25) is 0 Å². The van der Waals surface area contributed by atoms with Crippen molar-refractivity contribution < 1.29 is 4.79 Å². The first kappa shape index (κ1) is 12.7. The molecule has 1 amide bonds. The first-order valence-electron chi connectivity index (χ1n) is 7.29. The van der Waals surface area contributed by atoms with E-state index in [4.69, 9.17) is 0 Å². The first-order chi connectivity index (χ1) is 9.20. The summed E-state index contributed by atoms with van der Waals surface area (Å²) >= 11 is 0. The number of amides is 1. The molecule has 0 bridgehead atoms. The lowest BCUT2D eigenvalue weighted by atomic mass is 9.93. The highest BCUT2D eigenvalue weighted by Gasteiger charge is 2.45. The van der Waals surface area contributed by atoms with Gasteiger partial charge in [-0.1, -0.05) is 24.6 Å². The van der Waals surface area contributed by atoms with Gasteiger partial charge in [0.25, 0.3) is 5.91 Å². The number of hydrogen-bond acceptors (Lipinski definition) is 2. The van der Waals surface area contributed by atoms with Crippen molar-refractivity contribution in [2.75, 3.05) is 19.6 Å². The Balaban J connectivity index is 1.84. The van der Waals surface area contributed by atoms with Gasteiger partial charge in [-0.05, 0) is 37.3 Å². The van der Waals surface area contributed by atoms with Crippen LogP contribution >= 0.6 is 0 Å². The van der Waals surface area contributed by atoms with Crippen molar-refractivity contribution in [3.8, 4) is 0 Å². The SMILES string of the molecule is CCC1C2CNCC2CN1C(=O)c1cccc(C)c1. The molecule has 0 radical (unpaired) electrons. The van der Waals surface area contributed by atoms with Crippen LogP contribution in [-0.2, 0) is 0 Å². The average molecular weight is 258 g/mol. The zero-order valence-corrected chi connectivity index (χ0v) is 11.7. The second-order valence-electron chi connectivity index (χ2n) is 5.88. The van der Waals surface area contributed by atoms with Crippen molar-refractivity contribution in [2.24, 2.45) is 11.8 Å². The highest BCUT2D eigenvalue weighted by atomic mass is 16.2. The Morgan fingerprint density at radius 3 is 3.00 bits per heavy atom. The average Bonchev–Trinajstić information content (AvgIpc) is 2.97. The van der Waals surface area contributed by atoms with Gasteiger partial charge in [0.15, 0.2) is 0 Å². The second-order valence-corrected chi connectivity index (χ2v) is 5.88. The van der Waals surface area contributed by atoms with Crippen LogP contribution in [0.3, 0.4) is 0 Å². The van der Waals surface area contributed by atoms with E-state index in [9.17, 15) is 4.79 Å². The molecule has 2 fully saturated rings. The molecule has 3 unspecified atom stereocenters. The van der Waals surface area contributed by atoms with Gasteiger partial charge in [0.1, 0.15) is 0 Å². The molecule has 2 saturated heterocycles. The molecular formula is C16H22N2O. The number of likely N-dealkylation sites (tertiary alicyclic amines) is 1. The highest BCUT2D eigenvalue weighted by molar-refractivity contribution is 5.94. The lowest BCUT2D eigenvalue weighted by Crippen LogP contribution is -2.39. The fourth-order valence-corrected chi connectivity index (χ4v) is 3.72. The Bertz CT molecular complexity index is 485. The molecule has 0 spiro atoms. The third kappa shape index (κ3) is 2.16. The van der Waals surface area contributed by atoms with Gasteiger partial charge >= 0.3 is 0 Å². The summed E-state index contributed by atoms with van der Waals surface area (Å²) in [5.41, 5.74) is 1.99. The molecule has 0 aromatic heterocycles. The minimum Gasteiger partial charge on any atom is -0.335 e. The highest BCUT2D eigenvalue weighted by Crippen LogP contribution is 2.35. The van der Waals surface area contributed by atoms with E-state index in [0.717, 1.165) is 37.2 Å². The molecule has 1 N–H and O–H groups in total. The van der Waals surface area contributed by atoms with Crippen molar-refractivity contribution in [1.82, 2.24) is 10.2 Å². The number of nitrogens with one attached hydrogen (secondary N) is 1. The van der Waals surface area contributed by atoms with E-state index in [1.807, 2.05) is 31.2 Å². The summed E-state index contributed by atoms with van der Waals surface area (Å²) in [7, 11) is 0. The summed E-state index contributed by atoms with van der Waals surface area (Å²) in [4.78, 5) is 14.8. The van der Waals surface area contributed by atoms with E-state index in [1.165, 1.54) is 0 Å². The number of hydrogen-bond donors (Lipinski definition) is 1. The van der Waals surface area contributed by atoms with E-state index < -0.39 is 0 Å². The molecule has 1 aromatic carbocycles. The van der Waals surface area contributed by atoms with Crippen molar-refractivity contribution in [2.45, 2.75) is 26.3 Å². The summed E-state index contributed by atoms with van der Waals surface area (Å²) in [5.74, 6) is 1.52. The molecule has 19 heavy (non-hydrogen) atoms. The van der Waals surface area contributed by atoms with Crippen molar-refractivity contribution in [1.29, 1.82) is 0 Å². The third-order valence-electron chi connectivity index (χ3n) is 4.66. The van der Waals surface area contributed by atoms with Gasteiger partial charge in [-0.15, -0.1) is 0 Å². The molecular weight excluding hydrogens is 236 g/mol. The Morgan fingerprint density at radius 2 is 2.26 bits per heavy atom. The standard InChI is InChI=1S/C16H22N2O/c1-3-15-14-9-17-8-13(14)10-18(15)16(19)12-6-4-5-11(2)7-12/h4-7,13-15,17H,3,8-10H2,1-2H3. The van der Waals surface area contributed by atoms with Crippen LogP contribution in [0, 0.1) is 18.8 Å². The van der Waals surface area contributed by atoms with Gasteiger partial charge < -0.3 is 10.2 Å². The molecule has 3 heteroatoms. The molecule has 3 atom stereocenters. The van der Waals surface area contributed by atoms with Gasteiger partial charge in [-0.3, -0.25) is 4.79 Å². The predicted octanol–water partition coefficient (Wildman–Crippen LogP) is 2.07. The molecule has 2 aliphatic heterocycles. The van der Waals surface area contributed by atoms with Crippen molar-refractivity contribution in [3.05, 3.63) is 35.4 Å². The number of carbonyl (C=O) groups excluding carboxylic acids is 1. The van der Waals surface area contributed by atoms with Crippen LogP contribution in [0.5, 0.6) is 0 Å². The predicted molar refractivity (Wildman–Crippen MR) is 76.1 cm³/mol. The number of carbonyl (C=O) groups is 1. The normalized spacial score (nSPS) is 29.6. The van der Waals surface area contributed by atoms with E-state index >= 15 is 0 Å². The van der Waals surface area contributed by atoms with E-state index in [-0.39, 0.29) is 5.91 Å². The van der Waals surface area contributed by atoms with Crippen LogP contribution in [0.25, 0.3) is 0 Å². The van der Waals surface area contributed by atoms with Crippen LogP contribution in [0.1, 0.15) is 29.3 Å². The zero-order valence-electron chi connectivity index (χ0n) is 11.7. The third-order valence-corrected chi connectivity index (χ3v) is 4.66. The Hall–Kier alpha value is -1.35. The molecule has 1 aromatic rings. The largest absolute Gasteiger partial charge is 0.335 e. The lowest BCUT2D eigenvalue weighted by molar-refractivity contribution is 0.0711. The molecule has 102 valence electrons. The summed E-state index contributed by atoms with van der Waals surface area (Å²) in [6.45, 7) is 7.29. The van der Waals surface area contributed by atoms with Gasteiger partial charge in [0, 0.05) is 31.2 Å².